The molecule has 174 valence electrons. The van der Waals surface area contributed by atoms with E-state index in [-0.39, 0.29) is 36.0 Å². The molecule has 1 aliphatic heterocycles. The van der Waals surface area contributed by atoms with E-state index < -0.39 is 0 Å². The van der Waals surface area contributed by atoms with Crippen molar-refractivity contribution in [3.8, 4) is 11.5 Å². The van der Waals surface area contributed by atoms with Crippen molar-refractivity contribution in [3.63, 3.8) is 0 Å². The van der Waals surface area contributed by atoms with E-state index in [1.165, 1.54) is 5.56 Å². The summed E-state index contributed by atoms with van der Waals surface area (Å²) in [5.41, 5.74) is 3.96. The third kappa shape index (κ3) is 6.51. The van der Waals surface area contributed by atoms with E-state index in [0.29, 0.717) is 31.2 Å². The van der Waals surface area contributed by atoms with Crippen LogP contribution in [-0.4, -0.2) is 50.6 Å². The summed E-state index contributed by atoms with van der Waals surface area (Å²) < 4.78 is 11.8. The molecule has 2 N–H and O–H groups in total. The lowest BCUT2D eigenvalue weighted by atomic mass is 10.1. The molecule has 2 aromatic rings. The van der Waals surface area contributed by atoms with Gasteiger partial charge in [-0.25, -0.2) is 0 Å². The molecular weight excluding hydrogens is 519 g/mol. The Hall–Kier alpha value is -2.49. The van der Waals surface area contributed by atoms with Crippen molar-refractivity contribution in [2.75, 3.05) is 27.7 Å². The average Bonchev–Trinajstić information content (AvgIpc) is 3.12. The second kappa shape index (κ2) is 11.9. The number of rotatable bonds is 7. The standard InChI is InChI=1S/C24H32N4O3.HI/c1-6-30-21-12-19-11-16(2)31-22(19)13-20(21)15-27-24(25-3)26-14-17-7-9-18(10-8-17)23(29)28(4)5;/h7-10,12-13,16H,6,11,14-15H2,1-5H3,(H2,25,26,27);1H. The van der Waals surface area contributed by atoms with Crippen molar-refractivity contribution in [2.45, 2.75) is 39.5 Å². The molecule has 0 spiro atoms. The van der Waals surface area contributed by atoms with Crippen molar-refractivity contribution in [2.24, 2.45) is 4.99 Å². The van der Waals surface area contributed by atoms with E-state index in [1.54, 1.807) is 26.0 Å². The van der Waals surface area contributed by atoms with Crippen LogP contribution in [0.3, 0.4) is 0 Å². The van der Waals surface area contributed by atoms with Gasteiger partial charge in [0.1, 0.15) is 17.6 Å². The predicted octanol–water partition coefficient (Wildman–Crippen LogP) is 3.59. The zero-order chi connectivity index (χ0) is 22.4. The number of ether oxygens (including phenoxy) is 2. The van der Waals surface area contributed by atoms with E-state index in [4.69, 9.17) is 9.47 Å². The highest BCUT2D eigenvalue weighted by atomic mass is 127. The number of fused-ring (bicyclic) bond motifs is 1. The Morgan fingerprint density at radius 3 is 2.50 bits per heavy atom. The molecule has 1 aliphatic rings. The van der Waals surface area contributed by atoms with Gasteiger partial charge in [0, 0.05) is 57.3 Å². The van der Waals surface area contributed by atoms with Crippen LogP contribution in [0.4, 0.5) is 0 Å². The Bertz CT molecular complexity index is 945. The fourth-order valence-corrected chi connectivity index (χ4v) is 3.52. The summed E-state index contributed by atoms with van der Waals surface area (Å²) in [5, 5.41) is 6.65. The fourth-order valence-electron chi connectivity index (χ4n) is 3.52. The molecule has 1 unspecified atom stereocenters. The molecular formula is C24H33IN4O3. The molecule has 0 fully saturated rings. The van der Waals surface area contributed by atoms with Crippen LogP contribution in [-0.2, 0) is 19.5 Å². The van der Waals surface area contributed by atoms with Gasteiger partial charge < -0.3 is 25.0 Å². The number of benzene rings is 2. The summed E-state index contributed by atoms with van der Waals surface area (Å²) >= 11 is 0. The molecule has 0 saturated carbocycles. The van der Waals surface area contributed by atoms with Gasteiger partial charge in [-0.15, -0.1) is 24.0 Å². The largest absolute Gasteiger partial charge is 0.494 e. The lowest BCUT2D eigenvalue weighted by Gasteiger charge is -2.16. The Kier molecular flexibility index (Phi) is 9.61. The normalized spacial score (nSPS) is 14.7. The number of amides is 1. The highest BCUT2D eigenvalue weighted by Crippen LogP contribution is 2.35. The summed E-state index contributed by atoms with van der Waals surface area (Å²) in [6.45, 7) is 5.84. The molecule has 0 bridgehead atoms. The lowest BCUT2D eigenvalue weighted by Crippen LogP contribution is -2.36. The first-order valence-corrected chi connectivity index (χ1v) is 10.6. The van der Waals surface area contributed by atoms with Gasteiger partial charge in [-0.05, 0) is 43.7 Å². The first kappa shape index (κ1) is 25.8. The summed E-state index contributed by atoms with van der Waals surface area (Å²) in [6.07, 6.45) is 1.10. The van der Waals surface area contributed by atoms with Crippen molar-refractivity contribution >= 4 is 35.8 Å². The molecule has 0 saturated heterocycles. The van der Waals surface area contributed by atoms with Crippen LogP contribution in [0.15, 0.2) is 41.4 Å². The molecule has 32 heavy (non-hydrogen) atoms. The quantitative estimate of drug-likeness (QED) is 0.312. The molecule has 0 aromatic heterocycles. The summed E-state index contributed by atoms with van der Waals surface area (Å²) in [5.74, 6) is 2.49. The van der Waals surface area contributed by atoms with Gasteiger partial charge in [-0.2, -0.15) is 0 Å². The van der Waals surface area contributed by atoms with Gasteiger partial charge in [-0.1, -0.05) is 12.1 Å². The van der Waals surface area contributed by atoms with Crippen LogP contribution in [0.1, 0.15) is 40.9 Å². The number of hydrogen-bond acceptors (Lipinski definition) is 4. The van der Waals surface area contributed by atoms with Crippen LogP contribution >= 0.6 is 24.0 Å². The number of carbonyl (C=O) groups is 1. The number of halogens is 1. The van der Waals surface area contributed by atoms with Crippen molar-refractivity contribution in [1.29, 1.82) is 0 Å². The van der Waals surface area contributed by atoms with E-state index in [9.17, 15) is 4.79 Å². The van der Waals surface area contributed by atoms with E-state index in [0.717, 1.165) is 29.0 Å². The van der Waals surface area contributed by atoms with Gasteiger partial charge in [0.2, 0.25) is 0 Å². The topological polar surface area (TPSA) is 75.2 Å². The molecule has 7 nitrogen and oxygen atoms in total. The van der Waals surface area contributed by atoms with Gasteiger partial charge in [-0.3, -0.25) is 9.79 Å². The average molecular weight is 552 g/mol. The van der Waals surface area contributed by atoms with Gasteiger partial charge in [0.15, 0.2) is 5.96 Å². The van der Waals surface area contributed by atoms with Crippen LogP contribution < -0.4 is 20.1 Å². The lowest BCUT2D eigenvalue weighted by molar-refractivity contribution is 0.0827. The third-order valence-corrected chi connectivity index (χ3v) is 5.12. The number of carbonyl (C=O) groups excluding carboxylic acids is 1. The first-order valence-electron chi connectivity index (χ1n) is 10.6. The van der Waals surface area contributed by atoms with Crippen LogP contribution in [0.25, 0.3) is 0 Å². The number of guanidine groups is 1. The van der Waals surface area contributed by atoms with Gasteiger partial charge in [0.05, 0.1) is 6.61 Å². The smallest absolute Gasteiger partial charge is 0.253 e. The highest BCUT2D eigenvalue weighted by molar-refractivity contribution is 14.0. The van der Waals surface area contributed by atoms with Gasteiger partial charge >= 0.3 is 0 Å². The molecule has 8 heteroatoms. The molecule has 1 atom stereocenters. The van der Waals surface area contributed by atoms with Gasteiger partial charge in [0.25, 0.3) is 5.91 Å². The minimum Gasteiger partial charge on any atom is -0.494 e. The zero-order valence-electron chi connectivity index (χ0n) is 19.4. The van der Waals surface area contributed by atoms with E-state index in [1.807, 2.05) is 31.2 Å². The van der Waals surface area contributed by atoms with Crippen LogP contribution in [0.5, 0.6) is 11.5 Å². The SMILES string of the molecule is CCOc1cc2c(cc1CNC(=NC)NCc1ccc(C(=O)N(C)C)cc1)OC(C)C2.I. The van der Waals surface area contributed by atoms with Crippen molar-refractivity contribution < 1.29 is 14.3 Å². The Labute approximate surface area is 207 Å². The molecule has 0 aliphatic carbocycles. The third-order valence-electron chi connectivity index (χ3n) is 5.12. The van der Waals surface area contributed by atoms with Crippen molar-refractivity contribution in [1.82, 2.24) is 15.5 Å². The number of nitrogens with zero attached hydrogens (tertiary/aromatic N) is 2. The van der Waals surface area contributed by atoms with Crippen LogP contribution in [0.2, 0.25) is 0 Å². The van der Waals surface area contributed by atoms with Crippen LogP contribution in [0, 0.1) is 0 Å². The molecule has 1 amide bonds. The van der Waals surface area contributed by atoms with E-state index in [2.05, 4.69) is 34.7 Å². The maximum absolute atomic E-state index is 12.0. The summed E-state index contributed by atoms with van der Waals surface area (Å²) in [6, 6.07) is 11.7. The first-order chi connectivity index (χ1) is 14.9. The minimum absolute atomic E-state index is 0. The Balaban J connectivity index is 0.00000363. The Morgan fingerprint density at radius 1 is 1.19 bits per heavy atom. The maximum Gasteiger partial charge on any atom is 0.253 e. The maximum atomic E-state index is 12.0. The predicted molar refractivity (Wildman–Crippen MR) is 138 cm³/mol. The zero-order valence-corrected chi connectivity index (χ0v) is 21.7. The highest BCUT2D eigenvalue weighted by Gasteiger charge is 2.22. The molecule has 3 rings (SSSR count). The summed E-state index contributed by atoms with van der Waals surface area (Å²) in [4.78, 5) is 17.9. The molecule has 2 aromatic carbocycles. The fraction of sp³-hybridized carbons (Fsp3) is 0.417. The number of hydrogen-bond donors (Lipinski definition) is 2. The van der Waals surface area contributed by atoms with E-state index >= 15 is 0 Å². The van der Waals surface area contributed by atoms with Crippen molar-refractivity contribution in [3.05, 3.63) is 58.7 Å². The molecule has 1 heterocycles. The number of aliphatic imine (C=N–C) groups is 1. The second-order valence-corrected chi connectivity index (χ2v) is 7.81. The summed E-state index contributed by atoms with van der Waals surface area (Å²) in [7, 11) is 5.24. The minimum atomic E-state index is -0.00481. The Morgan fingerprint density at radius 2 is 1.88 bits per heavy atom. The number of nitrogens with one attached hydrogen (secondary N) is 2. The second-order valence-electron chi connectivity index (χ2n) is 7.81. The monoisotopic (exact) mass is 552 g/mol. The molecule has 0 radical (unpaired) electrons.